The number of hydrogen-bond acceptors (Lipinski definition) is 4. The van der Waals surface area contributed by atoms with Gasteiger partial charge in [0.2, 0.25) is 0 Å². The molecule has 3 nitrogen and oxygen atoms in total. The zero-order chi connectivity index (χ0) is 13.9. The molecule has 1 aromatic carbocycles. The maximum atomic E-state index is 5.71. The first-order valence-electron chi connectivity index (χ1n) is 6.94. The third-order valence-corrected chi connectivity index (χ3v) is 4.54. The number of rotatable bonds is 4. The molecule has 0 bridgehead atoms. The lowest BCUT2D eigenvalue weighted by Gasteiger charge is -2.27. The number of hydrogen-bond donors (Lipinski definition) is 1. The molecule has 2 aromatic rings. The SMILES string of the molecule is CCOc1cc2c(cc1OC)CCNC2c1cccs1. The summed E-state index contributed by atoms with van der Waals surface area (Å²) in [6, 6.07) is 8.81. The summed E-state index contributed by atoms with van der Waals surface area (Å²) < 4.78 is 11.2. The van der Waals surface area contributed by atoms with Crippen molar-refractivity contribution in [2.45, 2.75) is 19.4 Å². The van der Waals surface area contributed by atoms with Crippen molar-refractivity contribution in [2.75, 3.05) is 20.3 Å². The number of fused-ring (bicyclic) bond motifs is 1. The summed E-state index contributed by atoms with van der Waals surface area (Å²) in [5.74, 6) is 1.66. The normalized spacial score (nSPS) is 17.6. The van der Waals surface area contributed by atoms with Crippen molar-refractivity contribution in [3.63, 3.8) is 0 Å². The average molecular weight is 289 g/mol. The van der Waals surface area contributed by atoms with E-state index in [-0.39, 0.29) is 6.04 Å². The summed E-state index contributed by atoms with van der Waals surface area (Å²) in [6.45, 7) is 3.63. The first-order valence-corrected chi connectivity index (χ1v) is 7.81. The molecule has 0 aliphatic carbocycles. The fourth-order valence-electron chi connectivity index (χ4n) is 2.70. The number of ether oxygens (including phenoxy) is 2. The summed E-state index contributed by atoms with van der Waals surface area (Å²) in [5, 5.41) is 5.72. The van der Waals surface area contributed by atoms with Gasteiger partial charge < -0.3 is 14.8 Å². The highest BCUT2D eigenvalue weighted by Gasteiger charge is 2.24. The molecule has 0 amide bonds. The summed E-state index contributed by atoms with van der Waals surface area (Å²) in [7, 11) is 1.70. The minimum atomic E-state index is 0.267. The van der Waals surface area contributed by atoms with Gasteiger partial charge in [0, 0.05) is 11.4 Å². The van der Waals surface area contributed by atoms with E-state index in [0.29, 0.717) is 6.61 Å². The standard InChI is InChI=1S/C16H19NO2S/c1-3-19-14-10-12-11(9-13(14)18-2)6-7-17-16(12)15-5-4-8-20-15/h4-5,8-10,16-17H,3,6-7H2,1-2H3. The van der Waals surface area contributed by atoms with Gasteiger partial charge in [-0.15, -0.1) is 11.3 Å². The van der Waals surface area contributed by atoms with Gasteiger partial charge in [-0.3, -0.25) is 0 Å². The zero-order valence-corrected chi connectivity index (χ0v) is 12.6. The predicted molar refractivity (Wildman–Crippen MR) is 82.0 cm³/mol. The van der Waals surface area contributed by atoms with Crippen LogP contribution >= 0.6 is 11.3 Å². The van der Waals surface area contributed by atoms with Crippen LogP contribution in [0.5, 0.6) is 11.5 Å². The van der Waals surface area contributed by atoms with E-state index in [2.05, 4.69) is 35.0 Å². The van der Waals surface area contributed by atoms with Crippen LogP contribution < -0.4 is 14.8 Å². The molecular weight excluding hydrogens is 270 g/mol. The lowest BCUT2D eigenvalue weighted by atomic mass is 9.92. The van der Waals surface area contributed by atoms with Gasteiger partial charge in [-0.05, 0) is 48.1 Å². The van der Waals surface area contributed by atoms with Gasteiger partial charge in [-0.2, -0.15) is 0 Å². The Labute approximate surface area is 123 Å². The van der Waals surface area contributed by atoms with Crippen molar-refractivity contribution in [2.24, 2.45) is 0 Å². The number of thiophene rings is 1. The Morgan fingerprint density at radius 3 is 2.95 bits per heavy atom. The van der Waals surface area contributed by atoms with Crippen LogP contribution in [-0.4, -0.2) is 20.3 Å². The van der Waals surface area contributed by atoms with Gasteiger partial charge in [0.25, 0.3) is 0 Å². The molecule has 0 fully saturated rings. The Bertz CT molecular complexity index is 580. The molecule has 2 heterocycles. The van der Waals surface area contributed by atoms with Crippen molar-refractivity contribution < 1.29 is 9.47 Å². The molecule has 1 atom stereocenters. The molecule has 3 rings (SSSR count). The van der Waals surface area contributed by atoms with Crippen LogP contribution in [0.1, 0.15) is 29.0 Å². The maximum Gasteiger partial charge on any atom is 0.161 e. The van der Waals surface area contributed by atoms with E-state index < -0.39 is 0 Å². The van der Waals surface area contributed by atoms with Crippen molar-refractivity contribution in [1.82, 2.24) is 5.32 Å². The van der Waals surface area contributed by atoms with E-state index in [1.807, 2.05) is 6.92 Å². The second-order valence-electron chi connectivity index (χ2n) is 4.79. The van der Waals surface area contributed by atoms with Crippen LogP contribution in [0, 0.1) is 0 Å². The van der Waals surface area contributed by atoms with Gasteiger partial charge in [-0.1, -0.05) is 6.07 Å². The van der Waals surface area contributed by atoms with Crippen LogP contribution in [0.25, 0.3) is 0 Å². The van der Waals surface area contributed by atoms with Crippen molar-refractivity contribution in [1.29, 1.82) is 0 Å². The number of nitrogens with one attached hydrogen (secondary N) is 1. The highest BCUT2D eigenvalue weighted by molar-refractivity contribution is 7.10. The van der Waals surface area contributed by atoms with Crippen LogP contribution in [0.3, 0.4) is 0 Å². The Kier molecular flexibility index (Phi) is 3.94. The van der Waals surface area contributed by atoms with E-state index in [1.54, 1.807) is 18.4 Å². The molecule has 1 N–H and O–H groups in total. The summed E-state index contributed by atoms with van der Waals surface area (Å²) in [4.78, 5) is 1.35. The highest BCUT2D eigenvalue weighted by atomic mass is 32.1. The van der Waals surface area contributed by atoms with Crippen LogP contribution in [0.2, 0.25) is 0 Å². The average Bonchev–Trinajstić information content (AvgIpc) is 3.00. The summed E-state index contributed by atoms with van der Waals surface area (Å²) in [6.07, 6.45) is 1.03. The predicted octanol–water partition coefficient (Wildman–Crippen LogP) is 3.39. The molecule has 1 aliphatic heterocycles. The molecule has 20 heavy (non-hydrogen) atoms. The van der Waals surface area contributed by atoms with Crippen molar-refractivity contribution in [3.8, 4) is 11.5 Å². The molecular formula is C16H19NO2S. The minimum Gasteiger partial charge on any atom is -0.493 e. The number of benzene rings is 1. The summed E-state index contributed by atoms with van der Waals surface area (Å²) in [5.41, 5.74) is 2.66. The van der Waals surface area contributed by atoms with Crippen LogP contribution in [0.4, 0.5) is 0 Å². The molecule has 0 spiro atoms. The first kappa shape index (κ1) is 13.5. The van der Waals surface area contributed by atoms with Crippen LogP contribution in [0.15, 0.2) is 29.6 Å². The molecule has 1 aliphatic rings. The monoisotopic (exact) mass is 289 g/mol. The fraction of sp³-hybridized carbons (Fsp3) is 0.375. The molecule has 0 saturated heterocycles. The largest absolute Gasteiger partial charge is 0.493 e. The molecule has 0 saturated carbocycles. The van der Waals surface area contributed by atoms with Gasteiger partial charge in [-0.25, -0.2) is 0 Å². The van der Waals surface area contributed by atoms with Gasteiger partial charge in [0.1, 0.15) is 0 Å². The molecule has 0 radical (unpaired) electrons. The number of methoxy groups -OCH3 is 1. The Balaban J connectivity index is 2.05. The topological polar surface area (TPSA) is 30.5 Å². The van der Waals surface area contributed by atoms with E-state index in [9.17, 15) is 0 Å². The quantitative estimate of drug-likeness (QED) is 0.936. The third-order valence-electron chi connectivity index (χ3n) is 3.61. The van der Waals surface area contributed by atoms with E-state index in [1.165, 1.54) is 16.0 Å². The second-order valence-corrected chi connectivity index (χ2v) is 5.77. The van der Waals surface area contributed by atoms with Crippen LogP contribution in [-0.2, 0) is 6.42 Å². The Morgan fingerprint density at radius 1 is 1.35 bits per heavy atom. The maximum absolute atomic E-state index is 5.71. The van der Waals surface area contributed by atoms with Crippen molar-refractivity contribution in [3.05, 3.63) is 45.6 Å². The molecule has 1 aromatic heterocycles. The Morgan fingerprint density at radius 2 is 2.25 bits per heavy atom. The van der Waals surface area contributed by atoms with Gasteiger partial charge in [0.15, 0.2) is 11.5 Å². The molecule has 1 unspecified atom stereocenters. The lowest BCUT2D eigenvalue weighted by Crippen LogP contribution is -2.30. The smallest absolute Gasteiger partial charge is 0.161 e. The van der Waals surface area contributed by atoms with E-state index >= 15 is 0 Å². The third kappa shape index (κ3) is 2.41. The first-order chi connectivity index (χ1) is 9.83. The van der Waals surface area contributed by atoms with Gasteiger partial charge in [0.05, 0.1) is 19.8 Å². The second kappa shape index (κ2) is 5.85. The molecule has 106 valence electrons. The zero-order valence-electron chi connectivity index (χ0n) is 11.8. The fourth-order valence-corrected chi connectivity index (χ4v) is 3.52. The van der Waals surface area contributed by atoms with E-state index in [0.717, 1.165) is 24.5 Å². The Hall–Kier alpha value is -1.52. The van der Waals surface area contributed by atoms with E-state index in [4.69, 9.17) is 9.47 Å². The highest BCUT2D eigenvalue weighted by Crippen LogP contribution is 2.38. The van der Waals surface area contributed by atoms with Crippen molar-refractivity contribution >= 4 is 11.3 Å². The minimum absolute atomic E-state index is 0.267. The molecule has 4 heteroatoms. The lowest BCUT2D eigenvalue weighted by molar-refractivity contribution is 0.309. The van der Waals surface area contributed by atoms with Gasteiger partial charge >= 0.3 is 0 Å². The summed E-state index contributed by atoms with van der Waals surface area (Å²) >= 11 is 1.79.